The molecule has 0 aromatic rings. The second kappa shape index (κ2) is 12.6. The summed E-state index contributed by atoms with van der Waals surface area (Å²) in [6.45, 7) is 4.31. The van der Waals surface area contributed by atoms with Gasteiger partial charge in [-0.05, 0) is 47.9 Å². The summed E-state index contributed by atoms with van der Waals surface area (Å²) >= 11 is 10.8. The Labute approximate surface area is 133 Å². The number of carbonyl (C=O) groups excluding carboxylic acids is 2. The summed E-state index contributed by atoms with van der Waals surface area (Å²) in [5.74, 6) is 0.945. The Kier molecular flexibility index (Phi) is 12.6. The first-order chi connectivity index (χ1) is 9.43. The van der Waals surface area contributed by atoms with E-state index in [9.17, 15) is 9.59 Å². The summed E-state index contributed by atoms with van der Waals surface area (Å²) in [7, 11) is 0. The van der Waals surface area contributed by atoms with Crippen molar-refractivity contribution < 1.29 is 9.59 Å². The highest BCUT2D eigenvalue weighted by molar-refractivity contribution is 6.63. The van der Waals surface area contributed by atoms with Gasteiger partial charge in [0.2, 0.25) is 10.5 Å². The van der Waals surface area contributed by atoms with Gasteiger partial charge in [0, 0.05) is 12.8 Å². The van der Waals surface area contributed by atoms with Gasteiger partial charge in [-0.15, -0.1) is 0 Å². The normalized spacial score (nSPS) is 12.7. The van der Waals surface area contributed by atoms with E-state index >= 15 is 0 Å². The van der Waals surface area contributed by atoms with Crippen LogP contribution < -0.4 is 0 Å². The first-order valence-electron chi connectivity index (χ1n) is 7.80. The molecule has 20 heavy (non-hydrogen) atoms. The number of hydrogen-bond acceptors (Lipinski definition) is 2. The van der Waals surface area contributed by atoms with Crippen LogP contribution in [0.3, 0.4) is 0 Å². The monoisotopic (exact) mass is 322 g/mol. The van der Waals surface area contributed by atoms with E-state index in [0.29, 0.717) is 24.7 Å². The molecular formula is C16H28Cl2O2. The summed E-state index contributed by atoms with van der Waals surface area (Å²) in [5.41, 5.74) is 0. The van der Waals surface area contributed by atoms with Gasteiger partial charge in [0.1, 0.15) is 0 Å². The average molecular weight is 323 g/mol. The zero-order valence-electron chi connectivity index (χ0n) is 12.8. The van der Waals surface area contributed by atoms with Crippen molar-refractivity contribution in [2.24, 2.45) is 11.8 Å². The van der Waals surface area contributed by atoms with Crippen LogP contribution in [0.5, 0.6) is 0 Å². The fraction of sp³-hybridized carbons (Fsp3) is 0.875. The molecule has 0 amide bonds. The van der Waals surface area contributed by atoms with Crippen molar-refractivity contribution in [2.45, 2.75) is 78.1 Å². The lowest BCUT2D eigenvalue weighted by Crippen LogP contribution is -2.11. The van der Waals surface area contributed by atoms with Gasteiger partial charge >= 0.3 is 0 Å². The number of carbonyl (C=O) groups is 2. The van der Waals surface area contributed by atoms with E-state index in [0.717, 1.165) is 19.3 Å². The molecule has 1 unspecified atom stereocenters. The van der Waals surface area contributed by atoms with E-state index in [1.807, 2.05) is 0 Å². The molecule has 0 rings (SSSR count). The molecule has 0 aromatic carbocycles. The zero-order valence-corrected chi connectivity index (χ0v) is 14.3. The van der Waals surface area contributed by atoms with Crippen LogP contribution in [-0.4, -0.2) is 10.5 Å². The third-order valence-electron chi connectivity index (χ3n) is 3.81. The van der Waals surface area contributed by atoms with E-state index in [1.165, 1.54) is 32.1 Å². The highest BCUT2D eigenvalue weighted by Crippen LogP contribution is 2.23. The molecule has 0 aromatic heterocycles. The summed E-state index contributed by atoms with van der Waals surface area (Å²) in [6, 6.07) is 0. The zero-order chi connectivity index (χ0) is 15.4. The Morgan fingerprint density at radius 1 is 0.800 bits per heavy atom. The number of rotatable bonds is 13. The second-order valence-electron chi connectivity index (χ2n) is 5.93. The van der Waals surface area contributed by atoms with Gasteiger partial charge in [-0.2, -0.15) is 0 Å². The second-order valence-corrected chi connectivity index (χ2v) is 6.78. The molecule has 0 saturated heterocycles. The maximum atomic E-state index is 11.0. The largest absolute Gasteiger partial charge is 0.281 e. The van der Waals surface area contributed by atoms with E-state index < -0.39 is 0 Å². The summed E-state index contributed by atoms with van der Waals surface area (Å²) < 4.78 is 0. The van der Waals surface area contributed by atoms with Gasteiger partial charge in [-0.25, -0.2) is 0 Å². The summed E-state index contributed by atoms with van der Waals surface area (Å²) in [5, 5.41) is -0.434. The van der Waals surface area contributed by atoms with Crippen LogP contribution in [-0.2, 0) is 9.59 Å². The van der Waals surface area contributed by atoms with Gasteiger partial charge in [0.15, 0.2) is 0 Å². The average Bonchev–Trinajstić information content (AvgIpc) is 2.34. The Morgan fingerprint density at radius 3 is 1.75 bits per heavy atom. The standard InChI is InChI=1S/C16H28Cl2O2/c1-13(2)14(12-16(18)20)10-8-6-4-3-5-7-9-11-15(17)19/h13-14H,3-12H2,1-2H3. The number of hydrogen-bond donors (Lipinski definition) is 0. The van der Waals surface area contributed by atoms with Crippen LogP contribution in [0.4, 0.5) is 0 Å². The van der Waals surface area contributed by atoms with Gasteiger partial charge < -0.3 is 0 Å². The SMILES string of the molecule is CC(C)C(CCCCCCCCCC(=O)Cl)CC(=O)Cl. The third kappa shape index (κ3) is 12.9. The van der Waals surface area contributed by atoms with Gasteiger partial charge in [0.05, 0.1) is 0 Å². The van der Waals surface area contributed by atoms with Crippen molar-refractivity contribution in [3.05, 3.63) is 0 Å². The molecule has 0 bridgehead atoms. The molecule has 0 aliphatic carbocycles. The Hall–Kier alpha value is -0.0800. The molecule has 0 heterocycles. The molecule has 118 valence electrons. The minimum absolute atomic E-state index is 0.211. The highest BCUT2D eigenvalue weighted by Gasteiger charge is 2.15. The Bertz CT molecular complexity index is 278. The molecule has 2 nitrogen and oxygen atoms in total. The third-order valence-corrected chi connectivity index (χ3v) is 4.16. The summed E-state index contributed by atoms with van der Waals surface area (Å²) in [6.07, 6.45) is 10.1. The van der Waals surface area contributed by atoms with Gasteiger partial charge in [0.25, 0.3) is 0 Å². The number of unbranched alkanes of at least 4 members (excludes halogenated alkanes) is 6. The first kappa shape index (κ1) is 19.9. The lowest BCUT2D eigenvalue weighted by Gasteiger charge is -2.18. The van der Waals surface area contributed by atoms with Crippen LogP contribution in [0.1, 0.15) is 78.1 Å². The summed E-state index contributed by atoms with van der Waals surface area (Å²) in [4.78, 5) is 21.5. The molecule has 0 spiro atoms. The molecular weight excluding hydrogens is 295 g/mol. The lowest BCUT2D eigenvalue weighted by atomic mass is 9.88. The van der Waals surface area contributed by atoms with Crippen LogP contribution in [0.15, 0.2) is 0 Å². The Balaban J connectivity index is 3.45. The first-order valence-corrected chi connectivity index (χ1v) is 8.55. The van der Waals surface area contributed by atoms with Crippen LogP contribution in [0.25, 0.3) is 0 Å². The number of halogens is 2. The Morgan fingerprint density at radius 2 is 1.30 bits per heavy atom. The van der Waals surface area contributed by atoms with Crippen LogP contribution in [0, 0.1) is 11.8 Å². The van der Waals surface area contributed by atoms with Crippen molar-refractivity contribution in [1.82, 2.24) is 0 Å². The van der Waals surface area contributed by atoms with Gasteiger partial charge in [-0.3, -0.25) is 9.59 Å². The van der Waals surface area contributed by atoms with Crippen molar-refractivity contribution in [1.29, 1.82) is 0 Å². The molecule has 0 radical (unpaired) electrons. The van der Waals surface area contributed by atoms with E-state index in [-0.39, 0.29) is 10.5 Å². The highest BCUT2D eigenvalue weighted by atomic mass is 35.5. The minimum atomic E-state index is -0.224. The molecule has 0 N–H and O–H groups in total. The van der Waals surface area contributed by atoms with E-state index in [1.54, 1.807) is 0 Å². The predicted molar refractivity (Wildman–Crippen MR) is 86.2 cm³/mol. The molecule has 1 atom stereocenters. The predicted octanol–water partition coefficient (Wildman–Crippen LogP) is 5.69. The van der Waals surface area contributed by atoms with Crippen molar-refractivity contribution in [3.63, 3.8) is 0 Å². The van der Waals surface area contributed by atoms with Crippen molar-refractivity contribution >= 4 is 33.7 Å². The maximum Gasteiger partial charge on any atom is 0.221 e. The smallest absolute Gasteiger partial charge is 0.221 e. The van der Waals surface area contributed by atoms with E-state index in [4.69, 9.17) is 23.2 Å². The molecule has 0 fully saturated rings. The van der Waals surface area contributed by atoms with Crippen molar-refractivity contribution in [3.8, 4) is 0 Å². The molecule has 0 aliphatic rings. The topological polar surface area (TPSA) is 34.1 Å². The molecule has 0 aliphatic heterocycles. The fourth-order valence-corrected chi connectivity index (χ4v) is 2.76. The van der Waals surface area contributed by atoms with E-state index in [2.05, 4.69) is 13.8 Å². The molecule has 4 heteroatoms. The fourth-order valence-electron chi connectivity index (χ4n) is 2.43. The molecule has 0 saturated carbocycles. The quantitative estimate of drug-likeness (QED) is 0.322. The minimum Gasteiger partial charge on any atom is -0.281 e. The maximum absolute atomic E-state index is 11.0. The lowest BCUT2D eigenvalue weighted by molar-refractivity contribution is -0.113. The van der Waals surface area contributed by atoms with Crippen LogP contribution in [0.2, 0.25) is 0 Å². The van der Waals surface area contributed by atoms with Gasteiger partial charge in [-0.1, -0.05) is 52.4 Å². The van der Waals surface area contributed by atoms with Crippen molar-refractivity contribution in [2.75, 3.05) is 0 Å². The van der Waals surface area contributed by atoms with Crippen LogP contribution >= 0.6 is 23.2 Å².